The van der Waals surface area contributed by atoms with Crippen molar-refractivity contribution in [2.45, 2.75) is 13.0 Å². The molecule has 88 valence electrons. The molecule has 0 aliphatic rings. The maximum Gasteiger partial charge on any atom is 0.176 e. The Kier molecular flexibility index (Phi) is 3.01. The van der Waals surface area contributed by atoms with Gasteiger partial charge in [0.15, 0.2) is 18.9 Å². The minimum Gasteiger partial charge on any atom is -0.261 e. The van der Waals surface area contributed by atoms with Crippen LogP contribution in [-0.4, -0.2) is 4.98 Å². The summed E-state index contributed by atoms with van der Waals surface area (Å²) in [5.74, 6) is 0. The van der Waals surface area contributed by atoms with Gasteiger partial charge in [-0.05, 0) is 23.6 Å². The zero-order chi connectivity index (χ0) is 12.2. The molecule has 0 saturated heterocycles. The van der Waals surface area contributed by atoms with Crippen LogP contribution in [0.2, 0.25) is 0 Å². The highest BCUT2D eigenvalue weighted by atomic mass is 14.9. The van der Waals surface area contributed by atoms with Crippen molar-refractivity contribution >= 4 is 10.8 Å². The molecule has 2 nitrogen and oxygen atoms in total. The van der Waals surface area contributed by atoms with Crippen LogP contribution in [0.4, 0.5) is 0 Å². The van der Waals surface area contributed by atoms with Gasteiger partial charge < -0.3 is 0 Å². The second-order valence-corrected chi connectivity index (χ2v) is 4.38. The number of aromatic nitrogens is 2. The molecule has 0 N–H and O–H groups in total. The number of aryl methyl sites for hydroxylation is 2. The van der Waals surface area contributed by atoms with Gasteiger partial charge >= 0.3 is 0 Å². The quantitative estimate of drug-likeness (QED) is 0.638. The molecule has 2 heteroatoms. The van der Waals surface area contributed by atoms with Crippen molar-refractivity contribution in [1.29, 1.82) is 0 Å². The summed E-state index contributed by atoms with van der Waals surface area (Å²) in [5, 5.41) is 2.56. The molecule has 0 atom stereocenters. The summed E-state index contributed by atoms with van der Waals surface area (Å²) < 4.78 is 2.22. The molecule has 1 aromatic carbocycles. The van der Waals surface area contributed by atoms with Gasteiger partial charge in [0.1, 0.15) is 0 Å². The van der Waals surface area contributed by atoms with Crippen molar-refractivity contribution in [2.24, 2.45) is 0 Å². The fourth-order valence-electron chi connectivity index (χ4n) is 2.11. The van der Waals surface area contributed by atoms with Crippen molar-refractivity contribution in [3.63, 3.8) is 0 Å². The Hall–Kier alpha value is -2.22. The second kappa shape index (κ2) is 4.96. The van der Waals surface area contributed by atoms with Gasteiger partial charge in [-0.15, -0.1) is 0 Å². The molecule has 2 aromatic heterocycles. The Balaban J connectivity index is 1.79. The third kappa shape index (κ3) is 2.38. The zero-order valence-corrected chi connectivity index (χ0v) is 10.2. The summed E-state index contributed by atoms with van der Waals surface area (Å²) in [7, 11) is 0. The third-order valence-electron chi connectivity index (χ3n) is 3.10. The van der Waals surface area contributed by atoms with E-state index in [-0.39, 0.29) is 0 Å². The molecule has 0 radical (unpaired) electrons. The van der Waals surface area contributed by atoms with E-state index in [4.69, 9.17) is 0 Å². The van der Waals surface area contributed by atoms with Crippen LogP contribution >= 0.6 is 0 Å². The van der Waals surface area contributed by atoms with E-state index in [0.717, 1.165) is 18.7 Å². The van der Waals surface area contributed by atoms with Crippen LogP contribution < -0.4 is 4.57 Å². The fraction of sp³-hybridized carbons (Fsp3) is 0.125. The minimum atomic E-state index is 0.960. The molecule has 2 heterocycles. The summed E-state index contributed by atoms with van der Waals surface area (Å²) in [5.41, 5.74) is 1.14. The third-order valence-corrected chi connectivity index (χ3v) is 3.10. The molecular weight excluding hydrogens is 220 g/mol. The summed E-state index contributed by atoms with van der Waals surface area (Å²) in [6.07, 6.45) is 7.13. The predicted molar refractivity (Wildman–Crippen MR) is 72.1 cm³/mol. The SMILES string of the molecule is c1ccc(CC[n+]2ccc3ccccc3c2)nc1. The summed E-state index contributed by atoms with van der Waals surface area (Å²) >= 11 is 0. The minimum absolute atomic E-state index is 0.960. The average Bonchev–Trinajstić information content (AvgIpc) is 2.46. The highest BCUT2D eigenvalue weighted by molar-refractivity contribution is 5.80. The van der Waals surface area contributed by atoms with Crippen molar-refractivity contribution < 1.29 is 4.57 Å². The second-order valence-electron chi connectivity index (χ2n) is 4.38. The standard InChI is InChI=1S/C16H15N2/c1-2-6-15-13-18(11-8-14(15)5-1)12-9-16-7-3-4-10-17-16/h1-8,10-11,13H,9,12H2/q+1. The van der Waals surface area contributed by atoms with Gasteiger partial charge in [-0.3, -0.25) is 4.98 Å². The summed E-state index contributed by atoms with van der Waals surface area (Å²) in [4.78, 5) is 4.34. The van der Waals surface area contributed by atoms with E-state index in [2.05, 4.69) is 58.3 Å². The molecular formula is C16H15N2+. The van der Waals surface area contributed by atoms with E-state index in [0.29, 0.717) is 0 Å². The largest absolute Gasteiger partial charge is 0.261 e. The van der Waals surface area contributed by atoms with Crippen LogP contribution in [0.15, 0.2) is 67.1 Å². The Bertz CT molecular complexity index is 647. The maximum absolute atomic E-state index is 4.34. The summed E-state index contributed by atoms with van der Waals surface area (Å²) in [6, 6.07) is 16.6. The van der Waals surface area contributed by atoms with Crippen molar-refractivity contribution in [3.8, 4) is 0 Å². The first-order valence-corrected chi connectivity index (χ1v) is 6.19. The Morgan fingerprint density at radius 2 is 1.72 bits per heavy atom. The molecule has 0 amide bonds. The molecule has 0 bridgehead atoms. The molecule has 0 unspecified atom stereocenters. The monoisotopic (exact) mass is 235 g/mol. The number of hydrogen-bond donors (Lipinski definition) is 0. The first kappa shape index (κ1) is 10.9. The Morgan fingerprint density at radius 1 is 0.889 bits per heavy atom. The van der Waals surface area contributed by atoms with Crippen LogP contribution in [0.1, 0.15) is 5.69 Å². The maximum atomic E-state index is 4.34. The van der Waals surface area contributed by atoms with Gasteiger partial charge in [-0.2, -0.15) is 0 Å². The molecule has 0 aliphatic carbocycles. The predicted octanol–water partition coefficient (Wildman–Crippen LogP) is 2.77. The lowest BCUT2D eigenvalue weighted by Crippen LogP contribution is -2.33. The van der Waals surface area contributed by atoms with E-state index < -0.39 is 0 Å². The van der Waals surface area contributed by atoms with Crippen LogP contribution in [-0.2, 0) is 13.0 Å². The van der Waals surface area contributed by atoms with Gasteiger partial charge in [0.05, 0.1) is 0 Å². The molecule has 18 heavy (non-hydrogen) atoms. The number of benzene rings is 1. The van der Waals surface area contributed by atoms with Gasteiger partial charge in [0.2, 0.25) is 0 Å². The molecule has 0 fully saturated rings. The average molecular weight is 235 g/mol. The van der Waals surface area contributed by atoms with E-state index in [1.165, 1.54) is 10.8 Å². The topological polar surface area (TPSA) is 16.8 Å². The van der Waals surface area contributed by atoms with Crippen LogP contribution in [0.25, 0.3) is 10.8 Å². The lowest BCUT2D eigenvalue weighted by Gasteiger charge is -1.99. The normalized spacial score (nSPS) is 10.7. The van der Waals surface area contributed by atoms with Crippen molar-refractivity contribution in [3.05, 3.63) is 72.8 Å². The van der Waals surface area contributed by atoms with Crippen LogP contribution in [0.3, 0.4) is 0 Å². The fourth-order valence-corrected chi connectivity index (χ4v) is 2.11. The summed E-state index contributed by atoms with van der Waals surface area (Å²) in [6.45, 7) is 0.960. The zero-order valence-electron chi connectivity index (χ0n) is 10.2. The van der Waals surface area contributed by atoms with E-state index in [1.54, 1.807) is 0 Å². The van der Waals surface area contributed by atoms with Crippen molar-refractivity contribution in [2.75, 3.05) is 0 Å². The van der Waals surface area contributed by atoms with Crippen LogP contribution in [0.5, 0.6) is 0 Å². The molecule has 3 rings (SSSR count). The van der Waals surface area contributed by atoms with Gasteiger partial charge in [0, 0.05) is 29.8 Å². The Labute approximate surface area is 107 Å². The van der Waals surface area contributed by atoms with E-state index >= 15 is 0 Å². The first-order chi connectivity index (χ1) is 8.92. The number of hydrogen-bond acceptors (Lipinski definition) is 1. The lowest BCUT2D eigenvalue weighted by atomic mass is 10.2. The first-order valence-electron chi connectivity index (χ1n) is 6.19. The van der Waals surface area contributed by atoms with E-state index in [9.17, 15) is 0 Å². The highest BCUT2D eigenvalue weighted by Crippen LogP contribution is 2.09. The van der Waals surface area contributed by atoms with Gasteiger partial charge in [0.25, 0.3) is 0 Å². The van der Waals surface area contributed by atoms with Gasteiger partial charge in [-0.25, -0.2) is 4.57 Å². The highest BCUT2D eigenvalue weighted by Gasteiger charge is 2.03. The van der Waals surface area contributed by atoms with E-state index in [1.807, 2.05) is 18.3 Å². The lowest BCUT2D eigenvalue weighted by molar-refractivity contribution is -0.695. The molecule has 0 spiro atoms. The number of nitrogens with zero attached hydrogens (tertiary/aromatic N) is 2. The number of rotatable bonds is 3. The van der Waals surface area contributed by atoms with Gasteiger partial charge in [-0.1, -0.05) is 24.3 Å². The van der Waals surface area contributed by atoms with Crippen molar-refractivity contribution in [1.82, 2.24) is 4.98 Å². The molecule has 3 aromatic rings. The number of fused-ring (bicyclic) bond motifs is 1. The number of pyridine rings is 2. The molecule has 0 saturated carbocycles. The smallest absolute Gasteiger partial charge is 0.176 e. The Morgan fingerprint density at radius 3 is 2.56 bits per heavy atom. The van der Waals surface area contributed by atoms with Crippen LogP contribution in [0, 0.1) is 0 Å². The molecule has 0 aliphatic heterocycles.